The number of hydrogen-bond donors (Lipinski definition) is 1. The minimum atomic E-state index is 0.650. The highest BCUT2D eigenvalue weighted by Crippen LogP contribution is 2.33. The molecule has 1 heteroatoms. The van der Waals surface area contributed by atoms with E-state index in [0.717, 1.165) is 13.0 Å². The summed E-state index contributed by atoms with van der Waals surface area (Å²) in [6.45, 7) is 5.60. The van der Waals surface area contributed by atoms with Crippen molar-refractivity contribution in [2.75, 3.05) is 11.9 Å². The largest absolute Gasteiger partial charge is 0.384 e. The van der Waals surface area contributed by atoms with E-state index in [0.29, 0.717) is 5.92 Å². The molecule has 2 aromatic rings. The zero-order valence-corrected chi connectivity index (χ0v) is 11.7. The first kappa shape index (κ1) is 12.3. The smallest absolute Gasteiger partial charge is 0.0379 e. The first-order valence-corrected chi connectivity index (χ1v) is 7.25. The van der Waals surface area contributed by atoms with Crippen LogP contribution in [-0.2, 0) is 6.42 Å². The molecule has 19 heavy (non-hydrogen) atoms. The van der Waals surface area contributed by atoms with E-state index in [2.05, 4.69) is 61.6 Å². The molecule has 98 valence electrons. The molecule has 0 aromatic heterocycles. The van der Waals surface area contributed by atoms with Crippen molar-refractivity contribution >= 4 is 5.69 Å². The second-order valence-corrected chi connectivity index (χ2v) is 5.44. The average Bonchev–Trinajstić information content (AvgIpc) is 2.95. The van der Waals surface area contributed by atoms with Gasteiger partial charge in [0.2, 0.25) is 0 Å². The van der Waals surface area contributed by atoms with E-state index in [4.69, 9.17) is 0 Å². The Morgan fingerprint density at radius 1 is 1.11 bits per heavy atom. The standard InChI is InChI=1S/C18H21N/c1-3-13(2)14-7-9-15(10-8-14)16-5-4-6-18-17(16)11-12-19-18/h4-10,13,19H,3,11-12H2,1-2H3. The Hall–Kier alpha value is -1.76. The van der Waals surface area contributed by atoms with Crippen LogP contribution in [0.15, 0.2) is 42.5 Å². The summed E-state index contributed by atoms with van der Waals surface area (Å²) in [5.74, 6) is 0.650. The first-order chi connectivity index (χ1) is 9.29. The Balaban J connectivity index is 1.97. The molecule has 0 spiro atoms. The van der Waals surface area contributed by atoms with Crippen LogP contribution in [0.2, 0.25) is 0 Å². The quantitative estimate of drug-likeness (QED) is 0.823. The molecule has 0 radical (unpaired) electrons. The minimum Gasteiger partial charge on any atom is -0.384 e. The molecule has 0 saturated carbocycles. The van der Waals surface area contributed by atoms with E-state index in [1.165, 1.54) is 34.4 Å². The van der Waals surface area contributed by atoms with E-state index in [9.17, 15) is 0 Å². The number of hydrogen-bond acceptors (Lipinski definition) is 1. The molecular formula is C18H21N. The summed E-state index contributed by atoms with van der Waals surface area (Å²) in [5, 5.41) is 3.45. The van der Waals surface area contributed by atoms with Crippen LogP contribution in [0, 0.1) is 0 Å². The molecule has 1 aliphatic rings. The molecule has 1 nitrogen and oxygen atoms in total. The maximum Gasteiger partial charge on any atom is 0.0379 e. The summed E-state index contributed by atoms with van der Waals surface area (Å²) in [6.07, 6.45) is 2.34. The van der Waals surface area contributed by atoms with Gasteiger partial charge in [-0.1, -0.05) is 50.2 Å². The van der Waals surface area contributed by atoms with Crippen LogP contribution in [0.3, 0.4) is 0 Å². The van der Waals surface area contributed by atoms with Crippen LogP contribution in [0.1, 0.15) is 37.3 Å². The second-order valence-electron chi connectivity index (χ2n) is 5.44. The molecule has 1 N–H and O–H groups in total. The third-order valence-electron chi connectivity index (χ3n) is 4.27. The third kappa shape index (κ3) is 2.25. The zero-order valence-electron chi connectivity index (χ0n) is 11.7. The van der Waals surface area contributed by atoms with Gasteiger partial charge in [-0.15, -0.1) is 0 Å². The number of benzene rings is 2. The van der Waals surface area contributed by atoms with Gasteiger partial charge in [0, 0.05) is 12.2 Å². The summed E-state index contributed by atoms with van der Waals surface area (Å²) in [4.78, 5) is 0. The Bertz CT molecular complexity index is 569. The van der Waals surface area contributed by atoms with E-state index in [-0.39, 0.29) is 0 Å². The van der Waals surface area contributed by atoms with Gasteiger partial charge in [-0.3, -0.25) is 0 Å². The van der Waals surface area contributed by atoms with E-state index >= 15 is 0 Å². The van der Waals surface area contributed by atoms with E-state index in [1.807, 2.05) is 0 Å². The minimum absolute atomic E-state index is 0.650. The molecule has 1 aliphatic heterocycles. The third-order valence-corrected chi connectivity index (χ3v) is 4.27. The average molecular weight is 251 g/mol. The topological polar surface area (TPSA) is 12.0 Å². The Morgan fingerprint density at radius 3 is 2.63 bits per heavy atom. The van der Waals surface area contributed by atoms with Crippen molar-refractivity contribution in [3.05, 3.63) is 53.6 Å². The second kappa shape index (κ2) is 5.08. The molecule has 0 fully saturated rings. The van der Waals surface area contributed by atoms with Gasteiger partial charge in [-0.25, -0.2) is 0 Å². The lowest BCUT2D eigenvalue weighted by molar-refractivity contribution is 0.734. The molecule has 1 unspecified atom stereocenters. The van der Waals surface area contributed by atoms with Gasteiger partial charge >= 0.3 is 0 Å². The molecule has 0 amide bonds. The zero-order chi connectivity index (χ0) is 13.2. The predicted molar refractivity (Wildman–Crippen MR) is 82.8 cm³/mol. The Kier molecular flexibility index (Phi) is 3.29. The summed E-state index contributed by atoms with van der Waals surface area (Å²) >= 11 is 0. The monoisotopic (exact) mass is 251 g/mol. The van der Waals surface area contributed by atoms with Crippen LogP contribution in [0.4, 0.5) is 5.69 Å². The number of rotatable bonds is 3. The number of nitrogens with one attached hydrogen (secondary N) is 1. The fourth-order valence-electron chi connectivity index (χ4n) is 2.84. The fourth-order valence-corrected chi connectivity index (χ4v) is 2.84. The summed E-state index contributed by atoms with van der Waals surface area (Å²) in [7, 11) is 0. The Morgan fingerprint density at radius 2 is 1.89 bits per heavy atom. The van der Waals surface area contributed by atoms with Gasteiger partial charge in [0.15, 0.2) is 0 Å². The highest BCUT2D eigenvalue weighted by molar-refractivity contribution is 5.75. The lowest BCUT2D eigenvalue weighted by Gasteiger charge is -2.12. The van der Waals surface area contributed by atoms with Crippen molar-refractivity contribution in [1.82, 2.24) is 0 Å². The van der Waals surface area contributed by atoms with Crippen molar-refractivity contribution < 1.29 is 0 Å². The SMILES string of the molecule is CCC(C)c1ccc(-c2cccc3c2CCN3)cc1. The highest BCUT2D eigenvalue weighted by atomic mass is 14.9. The van der Waals surface area contributed by atoms with Crippen LogP contribution < -0.4 is 5.32 Å². The molecular weight excluding hydrogens is 230 g/mol. The normalized spacial score (nSPS) is 14.8. The van der Waals surface area contributed by atoms with E-state index < -0.39 is 0 Å². The molecule has 1 heterocycles. The number of anilines is 1. The summed E-state index contributed by atoms with van der Waals surface area (Å²) in [6, 6.07) is 15.7. The molecule has 0 bridgehead atoms. The van der Waals surface area contributed by atoms with Gasteiger partial charge in [-0.05, 0) is 47.1 Å². The summed E-state index contributed by atoms with van der Waals surface area (Å²) in [5.41, 5.74) is 6.95. The maximum absolute atomic E-state index is 3.45. The van der Waals surface area contributed by atoms with Crippen LogP contribution in [0.25, 0.3) is 11.1 Å². The molecule has 0 saturated heterocycles. The van der Waals surface area contributed by atoms with Crippen LogP contribution in [-0.4, -0.2) is 6.54 Å². The van der Waals surface area contributed by atoms with Crippen LogP contribution >= 0.6 is 0 Å². The lowest BCUT2D eigenvalue weighted by Crippen LogP contribution is -1.91. The van der Waals surface area contributed by atoms with Crippen molar-refractivity contribution in [2.24, 2.45) is 0 Å². The van der Waals surface area contributed by atoms with Crippen LogP contribution in [0.5, 0.6) is 0 Å². The molecule has 2 aromatic carbocycles. The summed E-state index contributed by atoms with van der Waals surface area (Å²) < 4.78 is 0. The highest BCUT2D eigenvalue weighted by Gasteiger charge is 2.14. The van der Waals surface area contributed by atoms with Gasteiger partial charge < -0.3 is 5.32 Å². The lowest BCUT2D eigenvalue weighted by atomic mass is 9.93. The predicted octanol–water partition coefficient (Wildman–Crippen LogP) is 4.84. The molecule has 1 atom stereocenters. The van der Waals surface area contributed by atoms with Gasteiger partial charge in [0.05, 0.1) is 0 Å². The maximum atomic E-state index is 3.45. The van der Waals surface area contributed by atoms with Crippen molar-refractivity contribution in [3.63, 3.8) is 0 Å². The molecule has 3 rings (SSSR count). The molecule has 0 aliphatic carbocycles. The van der Waals surface area contributed by atoms with Gasteiger partial charge in [-0.2, -0.15) is 0 Å². The fraction of sp³-hybridized carbons (Fsp3) is 0.333. The first-order valence-electron chi connectivity index (χ1n) is 7.25. The van der Waals surface area contributed by atoms with Crippen molar-refractivity contribution in [3.8, 4) is 11.1 Å². The van der Waals surface area contributed by atoms with Crippen molar-refractivity contribution in [1.29, 1.82) is 0 Å². The number of fused-ring (bicyclic) bond motifs is 1. The Labute approximate surface area is 115 Å². The van der Waals surface area contributed by atoms with Crippen molar-refractivity contribution in [2.45, 2.75) is 32.6 Å². The van der Waals surface area contributed by atoms with Gasteiger partial charge in [0.25, 0.3) is 0 Å². The van der Waals surface area contributed by atoms with Gasteiger partial charge in [0.1, 0.15) is 0 Å². The van der Waals surface area contributed by atoms with E-state index in [1.54, 1.807) is 0 Å².